The smallest absolute Gasteiger partial charge is 0.356 e. The van der Waals surface area contributed by atoms with E-state index in [0.29, 0.717) is 23.5 Å². The van der Waals surface area contributed by atoms with Crippen molar-refractivity contribution in [2.24, 2.45) is 0 Å². The summed E-state index contributed by atoms with van der Waals surface area (Å²) in [6.07, 6.45) is -4.64. The van der Waals surface area contributed by atoms with Crippen LogP contribution < -0.4 is 0 Å². The summed E-state index contributed by atoms with van der Waals surface area (Å²) in [5.74, 6) is 0.949. The average molecular weight is 244 g/mol. The molecule has 0 N–H and O–H groups in total. The molecule has 7 heteroatoms. The van der Waals surface area contributed by atoms with Gasteiger partial charge in [-0.15, -0.1) is 11.8 Å². The second kappa shape index (κ2) is 4.59. The molecule has 0 aromatic rings. The van der Waals surface area contributed by atoms with Gasteiger partial charge in [-0.05, 0) is 0 Å². The summed E-state index contributed by atoms with van der Waals surface area (Å²) in [5, 5.41) is -1.06. The van der Waals surface area contributed by atoms with E-state index < -0.39 is 22.3 Å². The summed E-state index contributed by atoms with van der Waals surface area (Å²) >= 11 is 1.98. The van der Waals surface area contributed by atoms with Gasteiger partial charge >= 0.3 is 6.18 Å². The van der Waals surface area contributed by atoms with E-state index in [1.54, 1.807) is 0 Å². The molecule has 2 nitrogen and oxygen atoms in total. The number of carbonyl (C=O) groups is 1. The molecule has 1 aliphatic heterocycles. The zero-order valence-corrected chi connectivity index (χ0v) is 8.60. The highest BCUT2D eigenvalue weighted by molar-refractivity contribution is 8.15. The van der Waals surface area contributed by atoms with E-state index >= 15 is 0 Å². The molecule has 0 aromatic carbocycles. The van der Waals surface area contributed by atoms with Crippen molar-refractivity contribution >= 4 is 28.6 Å². The van der Waals surface area contributed by atoms with E-state index in [1.807, 2.05) is 0 Å². The second-order valence-electron chi connectivity index (χ2n) is 2.47. The summed E-state index contributed by atoms with van der Waals surface area (Å²) in [6.45, 7) is 2.71. The Balaban J connectivity index is 2.45. The molecule has 0 saturated carbocycles. The van der Waals surface area contributed by atoms with E-state index in [9.17, 15) is 18.0 Å². The molecule has 0 amide bonds. The standard InChI is InChI=1S/C7H7F3O2S2/c1-4(7(8,9)10)6(11)14-5-2-13-3-12-5/h5H,1-3H2. The fourth-order valence-electron chi connectivity index (χ4n) is 0.691. The monoisotopic (exact) mass is 244 g/mol. The van der Waals surface area contributed by atoms with Crippen LogP contribution in [0.15, 0.2) is 12.2 Å². The predicted octanol–water partition coefficient (Wildman–Crippen LogP) is 2.41. The largest absolute Gasteiger partial charge is 0.420 e. The van der Waals surface area contributed by atoms with E-state index in [4.69, 9.17) is 4.74 Å². The predicted molar refractivity (Wildman–Crippen MR) is 50.0 cm³/mol. The Morgan fingerprint density at radius 3 is 2.64 bits per heavy atom. The van der Waals surface area contributed by atoms with Gasteiger partial charge in [0.1, 0.15) is 11.0 Å². The molecular formula is C7H7F3O2S2. The fourth-order valence-corrected chi connectivity index (χ4v) is 2.62. The third-order valence-electron chi connectivity index (χ3n) is 1.42. The third-order valence-corrected chi connectivity index (χ3v) is 3.50. The molecule has 0 aliphatic carbocycles. The highest BCUT2D eigenvalue weighted by atomic mass is 32.2. The molecule has 14 heavy (non-hydrogen) atoms. The van der Waals surface area contributed by atoms with Crippen LogP contribution in [-0.2, 0) is 9.53 Å². The lowest BCUT2D eigenvalue weighted by atomic mass is 10.3. The first-order chi connectivity index (χ1) is 6.41. The minimum absolute atomic E-state index is 0.420. The highest BCUT2D eigenvalue weighted by Gasteiger charge is 2.38. The second-order valence-corrected chi connectivity index (χ2v) is 4.58. The summed E-state index contributed by atoms with van der Waals surface area (Å²) in [6, 6.07) is 0. The lowest BCUT2D eigenvalue weighted by molar-refractivity contribution is -0.121. The Morgan fingerprint density at radius 2 is 2.21 bits per heavy atom. The zero-order chi connectivity index (χ0) is 10.8. The van der Waals surface area contributed by atoms with Crippen molar-refractivity contribution in [1.29, 1.82) is 0 Å². The molecule has 1 atom stereocenters. The fraction of sp³-hybridized carbons (Fsp3) is 0.571. The molecule has 0 radical (unpaired) electrons. The van der Waals surface area contributed by atoms with E-state index in [2.05, 4.69) is 6.58 Å². The Kier molecular flexibility index (Phi) is 3.91. The van der Waals surface area contributed by atoms with Crippen molar-refractivity contribution in [2.45, 2.75) is 11.6 Å². The normalized spacial score (nSPS) is 22.4. The average Bonchev–Trinajstić information content (AvgIpc) is 2.53. The van der Waals surface area contributed by atoms with Gasteiger partial charge in [-0.2, -0.15) is 13.2 Å². The first-order valence-electron chi connectivity index (χ1n) is 3.57. The molecule has 0 aromatic heterocycles. The van der Waals surface area contributed by atoms with Gasteiger partial charge in [-0.1, -0.05) is 18.3 Å². The maximum atomic E-state index is 12.0. The zero-order valence-electron chi connectivity index (χ0n) is 6.97. The van der Waals surface area contributed by atoms with E-state index in [-0.39, 0.29) is 0 Å². The molecule has 0 spiro atoms. The van der Waals surface area contributed by atoms with Crippen LogP contribution in [0.5, 0.6) is 0 Å². The Bertz CT molecular complexity index is 246. The molecular weight excluding hydrogens is 237 g/mol. The lowest BCUT2D eigenvalue weighted by Crippen LogP contribution is -2.19. The first kappa shape index (κ1) is 11.9. The minimum Gasteiger partial charge on any atom is -0.356 e. The lowest BCUT2D eigenvalue weighted by Gasteiger charge is -2.10. The topological polar surface area (TPSA) is 26.3 Å². The molecule has 0 bridgehead atoms. The maximum absolute atomic E-state index is 12.0. The van der Waals surface area contributed by atoms with Gasteiger partial charge in [0, 0.05) is 5.75 Å². The third kappa shape index (κ3) is 3.21. The van der Waals surface area contributed by atoms with Crippen LogP contribution in [0.1, 0.15) is 0 Å². The molecule has 1 saturated heterocycles. The molecule has 1 heterocycles. The molecule has 80 valence electrons. The van der Waals surface area contributed by atoms with E-state index in [0.717, 1.165) is 0 Å². The minimum atomic E-state index is -4.64. The number of ether oxygens (including phenoxy) is 1. The first-order valence-corrected chi connectivity index (χ1v) is 5.61. The molecule has 1 unspecified atom stereocenters. The van der Waals surface area contributed by atoms with Crippen LogP contribution in [0.25, 0.3) is 0 Å². The van der Waals surface area contributed by atoms with Crippen molar-refractivity contribution in [1.82, 2.24) is 0 Å². The van der Waals surface area contributed by atoms with Gasteiger partial charge in [0.15, 0.2) is 0 Å². The molecule has 1 rings (SSSR count). The van der Waals surface area contributed by atoms with Crippen LogP contribution >= 0.6 is 23.5 Å². The van der Waals surface area contributed by atoms with Crippen LogP contribution in [0.2, 0.25) is 0 Å². The Labute approximate surface area is 87.3 Å². The number of hydrogen-bond acceptors (Lipinski definition) is 4. The molecule has 1 fully saturated rings. The maximum Gasteiger partial charge on any atom is 0.420 e. The van der Waals surface area contributed by atoms with Gasteiger partial charge in [-0.25, -0.2) is 0 Å². The van der Waals surface area contributed by atoms with Gasteiger partial charge in [0.05, 0.1) is 5.94 Å². The van der Waals surface area contributed by atoms with Crippen LogP contribution in [0, 0.1) is 0 Å². The Hall–Kier alpha value is -0.140. The van der Waals surface area contributed by atoms with Gasteiger partial charge in [0.2, 0.25) is 5.12 Å². The SMILES string of the molecule is C=C(C(=O)SC1CSCO1)C(F)(F)F. The number of thioether (sulfide) groups is 2. The number of rotatable bonds is 2. The van der Waals surface area contributed by atoms with Crippen molar-refractivity contribution in [3.63, 3.8) is 0 Å². The summed E-state index contributed by atoms with van der Waals surface area (Å²) in [7, 11) is 0. The quantitative estimate of drug-likeness (QED) is 0.697. The van der Waals surface area contributed by atoms with Crippen LogP contribution in [0.3, 0.4) is 0 Å². The van der Waals surface area contributed by atoms with Crippen molar-refractivity contribution < 1.29 is 22.7 Å². The highest BCUT2D eigenvalue weighted by Crippen LogP contribution is 2.32. The summed E-state index contributed by atoms with van der Waals surface area (Å²) < 4.78 is 41.0. The van der Waals surface area contributed by atoms with Gasteiger partial charge < -0.3 is 4.74 Å². The number of hydrogen-bond donors (Lipinski definition) is 0. The van der Waals surface area contributed by atoms with Gasteiger partial charge in [0.25, 0.3) is 0 Å². The summed E-state index contributed by atoms with van der Waals surface area (Å²) in [4.78, 5) is 11.0. The number of carbonyl (C=O) groups excluding carboxylic acids is 1. The van der Waals surface area contributed by atoms with Gasteiger partial charge in [-0.3, -0.25) is 4.79 Å². The summed E-state index contributed by atoms with van der Waals surface area (Å²) in [5.41, 5.74) is -1.81. The van der Waals surface area contributed by atoms with Crippen molar-refractivity contribution in [2.75, 3.05) is 11.7 Å². The number of halogens is 3. The van der Waals surface area contributed by atoms with Crippen molar-refractivity contribution in [3.8, 4) is 0 Å². The number of alkyl halides is 3. The van der Waals surface area contributed by atoms with Crippen molar-refractivity contribution in [3.05, 3.63) is 12.2 Å². The van der Waals surface area contributed by atoms with Crippen LogP contribution in [0.4, 0.5) is 13.2 Å². The van der Waals surface area contributed by atoms with E-state index in [1.165, 1.54) is 11.8 Å². The molecule has 1 aliphatic rings. The Morgan fingerprint density at radius 1 is 1.57 bits per heavy atom. The van der Waals surface area contributed by atoms with Crippen LogP contribution in [-0.4, -0.2) is 28.4 Å².